The van der Waals surface area contributed by atoms with E-state index in [-0.39, 0.29) is 10.1 Å². The molecule has 0 spiro atoms. The normalized spacial score (nSPS) is 15.9. The first-order chi connectivity index (χ1) is 7.68. The molecule has 1 aliphatic rings. The number of carbonyl (C=O) groups is 1. The molecule has 0 atom stereocenters. The van der Waals surface area contributed by atoms with Crippen LogP contribution in [0.2, 0.25) is 0 Å². The molecule has 0 unspecified atom stereocenters. The summed E-state index contributed by atoms with van der Waals surface area (Å²) in [5, 5.41) is -0.0229. The van der Waals surface area contributed by atoms with Crippen LogP contribution in [-0.2, 0) is 0 Å². The van der Waals surface area contributed by atoms with Crippen LogP contribution in [0.1, 0.15) is 44.9 Å². The van der Waals surface area contributed by atoms with Crippen LogP contribution in [0.4, 0.5) is 4.79 Å². The van der Waals surface area contributed by atoms with Gasteiger partial charge in [-0.2, -0.15) is 0 Å². The van der Waals surface area contributed by atoms with Crippen molar-refractivity contribution in [2.24, 2.45) is 4.99 Å². The van der Waals surface area contributed by atoms with Crippen molar-refractivity contribution in [3.8, 4) is 0 Å². The summed E-state index contributed by atoms with van der Waals surface area (Å²) in [6, 6.07) is 0. The minimum absolute atomic E-state index is 0.0229. The van der Waals surface area contributed by atoms with Crippen LogP contribution < -0.4 is 0 Å². The molecule has 0 bridgehead atoms. The molecule has 1 heterocycles. The molecule has 1 rings (SSSR count). The topological polar surface area (TPSA) is 29.4 Å². The average molecular weight is 282 g/mol. The van der Waals surface area contributed by atoms with Crippen molar-refractivity contribution in [1.29, 1.82) is 0 Å². The molecule has 16 heavy (non-hydrogen) atoms. The van der Waals surface area contributed by atoms with Gasteiger partial charge in [-0.15, -0.1) is 23.2 Å². The fourth-order valence-electron chi connectivity index (χ4n) is 1.62. The molecule has 0 radical (unpaired) electrons. The summed E-state index contributed by atoms with van der Waals surface area (Å²) in [6.45, 7) is 0. The minimum Gasteiger partial charge on any atom is -0.259 e. The number of alkyl halides is 2. The van der Waals surface area contributed by atoms with Crippen molar-refractivity contribution in [3.05, 3.63) is 0 Å². The Kier molecular flexibility index (Phi) is 7.50. The van der Waals surface area contributed by atoms with Gasteiger partial charge in [-0.1, -0.05) is 37.4 Å². The first-order valence-electron chi connectivity index (χ1n) is 5.70. The van der Waals surface area contributed by atoms with Crippen molar-refractivity contribution < 1.29 is 4.79 Å². The number of amides is 1. The van der Waals surface area contributed by atoms with E-state index in [1.54, 1.807) is 0 Å². The van der Waals surface area contributed by atoms with Crippen LogP contribution >= 0.6 is 35.0 Å². The predicted octanol–water partition coefficient (Wildman–Crippen LogP) is 4.83. The van der Waals surface area contributed by atoms with E-state index in [0.29, 0.717) is 0 Å². The lowest BCUT2D eigenvalue weighted by Crippen LogP contribution is -1.96. The van der Waals surface area contributed by atoms with Gasteiger partial charge in [0.25, 0.3) is 0 Å². The van der Waals surface area contributed by atoms with E-state index in [1.165, 1.54) is 31.0 Å². The monoisotopic (exact) mass is 281 g/mol. The number of carbonyl (C=O) groups excluding carboxylic acids is 1. The Morgan fingerprint density at radius 3 is 2.50 bits per heavy atom. The van der Waals surface area contributed by atoms with Crippen LogP contribution in [0.3, 0.4) is 0 Å². The van der Waals surface area contributed by atoms with Gasteiger partial charge in [0.15, 0.2) is 0 Å². The molecule has 1 amide bonds. The van der Waals surface area contributed by atoms with Gasteiger partial charge in [-0.25, -0.2) is 4.99 Å². The van der Waals surface area contributed by atoms with Crippen molar-refractivity contribution in [1.82, 2.24) is 0 Å². The lowest BCUT2D eigenvalue weighted by molar-refractivity contribution is 0.268. The Labute approximate surface area is 111 Å². The number of halogens is 2. The highest BCUT2D eigenvalue weighted by Crippen LogP contribution is 2.18. The van der Waals surface area contributed by atoms with Crippen LogP contribution in [-0.4, -0.2) is 21.5 Å². The molecule has 0 fully saturated rings. The Morgan fingerprint density at radius 2 is 1.88 bits per heavy atom. The molecule has 5 heteroatoms. The predicted molar refractivity (Wildman–Crippen MR) is 73.1 cm³/mol. The fourth-order valence-corrected chi connectivity index (χ4v) is 2.63. The molecule has 2 nitrogen and oxygen atoms in total. The summed E-state index contributed by atoms with van der Waals surface area (Å²) in [5.41, 5.74) is 1.07. The maximum absolute atomic E-state index is 10.8. The molecule has 92 valence electrons. The Morgan fingerprint density at radius 1 is 1.19 bits per heavy atom. The number of thioether (sulfide) groups is 1. The second kappa shape index (κ2) is 8.37. The molecule has 1 aliphatic heterocycles. The maximum Gasteiger partial charge on any atom is 0.305 e. The largest absolute Gasteiger partial charge is 0.305 e. The number of nitrogens with zero attached hydrogens (tertiary/aromatic N) is 1. The van der Waals surface area contributed by atoms with Crippen LogP contribution in [0.5, 0.6) is 0 Å². The first-order valence-corrected chi connectivity index (χ1v) is 7.55. The Hall–Kier alpha value is 0.270. The fraction of sp³-hybridized carbons (Fsp3) is 0.818. The molecule has 0 saturated heterocycles. The zero-order valence-electron chi connectivity index (χ0n) is 9.25. The first kappa shape index (κ1) is 14.3. The van der Waals surface area contributed by atoms with Gasteiger partial charge in [0.05, 0.1) is 0 Å². The lowest BCUT2D eigenvalue weighted by atomic mass is 10.1. The summed E-state index contributed by atoms with van der Waals surface area (Å²) in [6.07, 6.45) is 7.72. The second-order valence-corrected chi connectivity index (χ2v) is 6.13. The van der Waals surface area contributed by atoms with Gasteiger partial charge in [-0.05, 0) is 19.3 Å². The van der Waals surface area contributed by atoms with Gasteiger partial charge in [0.1, 0.15) is 4.84 Å². The van der Waals surface area contributed by atoms with E-state index in [1.807, 2.05) is 0 Å². The zero-order chi connectivity index (χ0) is 11.8. The van der Waals surface area contributed by atoms with E-state index in [9.17, 15) is 4.79 Å². The summed E-state index contributed by atoms with van der Waals surface area (Å²) >= 11 is 12.6. The van der Waals surface area contributed by atoms with Crippen molar-refractivity contribution >= 4 is 45.9 Å². The van der Waals surface area contributed by atoms with Crippen molar-refractivity contribution in [2.75, 3.05) is 5.75 Å². The molecule has 0 saturated carbocycles. The van der Waals surface area contributed by atoms with Crippen molar-refractivity contribution in [3.63, 3.8) is 0 Å². The van der Waals surface area contributed by atoms with Crippen LogP contribution in [0.15, 0.2) is 4.99 Å². The van der Waals surface area contributed by atoms with Gasteiger partial charge >= 0.3 is 5.24 Å². The molecular weight excluding hydrogens is 265 g/mol. The average Bonchev–Trinajstić information content (AvgIpc) is 2.62. The highest BCUT2D eigenvalue weighted by Gasteiger charge is 2.13. The zero-order valence-corrected chi connectivity index (χ0v) is 11.6. The maximum atomic E-state index is 10.8. The quantitative estimate of drug-likeness (QED) is 0.471. The minimum atomic E-state index is -0.212. The third-order valence-electron chi connectivity index (χ3n) is 2.50. The number of hydrogen-bond donors (Lipinski definition) is 0. The SMILES string of the molecule is O=C1N=C(CCCCCCCC(Cl)Cl)CS1. The third-order valence-corrected chi connectivity index (χ3v) is 3.75. The van der Waals surface area contributed by atoms with E-state index in [2.05, 4.69) is 4.99 Å². The van der Waals surface area contributed by atoms with Gasteiger partial charge in [-0.3, -0.25) is 4.79 Å². The van der Waals surface area contributed by atoms with Crippen LogP contribution in [0.25, 0.3) is 0 Å². The smallest absolute Gasteiger partial charge is 0.259 e. The summed E-state index contributed by atoms with van der Waals surface area (Å²) in [7, 11) is 0. The Bertz CT molecular complexity index is 256. The highest BCUT2D eigenvalue weighted by molar-refractivity contribution is 8.14. The standard InChI is InChI=1S/C11H17Cl2NOS/c12-10(13)7-5-3-1-2-4-6-9-8-16-11(15)14-9/h10H,1-8H2. The van der Waals surface area contributed by atoms with Crippen molar-refractivity contribution in [2.45, 2.75) is 49.8 Å². The molecule has 0 aromatic carbocycles. The molecule has 0 aromatic heterocycles. The van der Waals surface area contributed by atoms with Crippen LogP contribution in [0, 0.1) is 0 Å². The van der Waals surface area contributed by atoms with Gasteiger partial charge in [0, 0.05) is 11.5 Å². The van der Waals surface area contributed by atoms with Gasteiger partial charge in [0.2, 0.25) is 0 Å². The number of hydrogen-bond acceptors (Lipinski definition) is 2. The summed E-state index contributed by atoms with van der Waals surface area (Å²) in [5.74, 6) is 0.805. The summed E-state index contributed by atoms with van der Waals surface area (Å²) in [4.78, 5) is 14.6. The lowest BCUT2D eigenvalue weighted by Gasteiger charge is -2.02. The summed E-state index contributed by atoms with van der Waals surface area (Å²) < 4.78 is 0. The van der Waals surface area contributed by atoms with E-state index in [4.69, 9.17) is 23.2 Å². The van der Waals surface area contributed by atoms with Gasteiger partial charge < -0.3 is 0 Å². The highest BCUT2D eigenvalue weighted by atomic mass is 35.5. The number of aliphatic imine (C=N–C) groups is 1. The van der Waals surface area contributed by atoms with E-state index >= 15 is 0 Å². The Balaban J connectivity index is 1.89. The third kappa shape index (κ3) is 6.77. The number of rotatable bonds is 8. The molecular formula is C11H17Cl2NOS. The van der Waals surface area contributed by atoms with E-state index in [0.717, 1.165) is 37.1 Å². The van der Waals surface area contributed by atoms with E-state index < -0.39 is 0 Å². The molecule has 0 aromatic rings. The molecule has 0 aliphatic carbocycles. The molecule has 0 N–H and O–H groups in total. The number of unbranched alkanes of at least 4 members (excludes halogenated alkanes) is 4. The second-order valence-electron chi connectivity index (χ2n) is 3.93.